The van der Waals surface area contributed by atoms with Gasteiger partial charge < -0.3 is 10.6 Å². The molecule has 1 heterocycles. The van der Waals surface area contributed by atoms with Crippen molar-refractivity contribution in [2.75, 3.05) is 18.1 Å². The van der Waals surface area contributed by atoms with Crippen LogP contribution in [-0.4, -0.2) is 38.5 Å². The van der Waals surface area contributed by atoms with E-state index in [1.807, 2.05) is 6.07 Å². The van der Waals surface area contributed by atoms with Crippen molar-refractivity contribution in [3.63, 3.8) is 0 Å². The third kappa shape index (κ3) is 6.89. The molecule has 1 unspecified atom stereocenters. The number of benzene rings is 1. The Morgan fingerprint density at radius 3 is 2.63 bits per heavy atom. The van der Waals surface area contributed by atoms with E-state index in [0.29, 0.717) is 31.1 Å². The zero-order valence-corrected chi connectivity index (χ0v) is 18.9. The number of aryl methyl sites for hydroxylation is 1. The Hall–Kier alpha value is -0.900. The van der Waals surface area contributed by atoms with Gasteiger partial charge in [-0.3, -0.25) is 0 Å². The smallest absolute Gasteiger partial charge is 0.191 e. The molecule has 27 heavy (non-hydrogen) atoms. The van der Waals surface area contributed by atoms with Crippen molar-refractivity contribution in [3.05, 3.63) is 35.1 Å². The SMILES string of the molecule is Cc1cc(CN=C(NCC2CCS(=O)(=O)C2)NC2CCCC2)ccc1F.I. The van der Waals surface area contributed by atoms with E-state index in [9.17, 15) is 12.8 Å². The van der Waals surface area contributed by atoms with E-state index >= 15 is 0 Å². The first kappa shape index (κ1) is 22.4. The van der Waals surface area contributed by atoms with Gasteiger partial charge in [0.2, 0.25) is 0 Å². The van der Waals surface area contributed by atoms with Gasteiger partial charge in [0, 0.05) is 12.6 Å². The summed E-state index contributed by atoms with van der Waals surface area (Å²) in [7, 11) is -2.87. The molecule has 0 aromatic heterocycles. The fourth-order valence-electron chi connectivity index (χ4n) is 3.67. The first-order chi connectivity index (χ1) is 12.4. The van der Waals surface area contributed by atoms with Crippen molar-refractivity contribution in [3.8, 4) is 0 Å². The number of nitrogens with one attached hydrogen (secondary N) is 2. The van der Waals surface area contributed by atoms with Crippen LogP contribution in [-0.2, 0) is 16.4 Å². The maximum Gasteiger partial charge on any atom is 0.191 e. The molecule has 2 fully saturated rings. The van der Waals surface area contributed by atoms with Gasteiger partial charge in [-0.15, -0.1) is 24.0 Å². The third-order valence-corrected chi connectivity index (χ3v) is 7.06. The Balaban J connectivity index is 0.00000261. The molecule has 1 aromatic rings. The molecular formula is C19H29FIN3O2S. The second kappa shape index (κ2) is 10.0. The van der Waals surface area contributed by atoms with Gasteiger partial charge in [0.1, 0.15) is 5.82 Å². The van der Waals surface area contributed by atoms with E-state index in [4.69, 9.17) is 0 Å². The van der Waals surface area contributed by atoms with Gasteiger partial charge in [-0.1, -0.05) is 25.0 Å². The Morgan fingerprint density at radius 1 is 1.26 bits per heavy atom. The van der Waals surface area contributed by atoms with Crippen LogP contribution in [0.4, 0.5) is 4.39 Å². The van der Waals surface area contributed by atoms with Gasteiger partial charge >= 0.3 is 0 Å². The Labute approximate surface area is 178 Å². The molecule has 1 atom stereocenters. The van der Waals surface area contributed by atoms with Gasteiger partial charge in [0.15, 0.2) is 15.8 Å². The maximum atomic E-state index is 13.4. The maximum absolute atomic E-state index is 13.4. The van der Waals surface area contributed by atoms with E-state index in [0.717, 1.165) is 24.4 Å². The van der Waals surface area contributed by atoms with E-state index in [2.05, 4.69) is 15.6 Å². The van der Waals surface area contributed by atoms with Crippen LogP contribution in [0.3, 0.4) is 0 Å². The topological polar surface area (TPSA) is 70.6 Å². The average Bonchev–Trinajstić information content (AvgIpc) is 3.22. The minimum Gasteiger partial charge on any atom is -0.356 e. The van der Waals surface area contributed by atoms with Gasteiger partial charge in [0.05, 0.1) is 18.1 Å². The summed E-state index contributed by atoms with van der Waals surface area (Å²) in [4.78, 5) is 4.65. The number of rotatable bonds is 5. The van der Waals surface area contributed by atoms with Crippen LogP contribution < -0.4 is 10.6 Å². The van der Waals surface area contributed by atoms with E-state index in [-0.39, 0.29) is 47.2 Å². The molecule has 0 radical (unpaired) electrons. The molecule has 1 aliphatic heterocycles. The number of nitrogens with zero attached hydrogens (tertiary/aromatic N) is 1. The van der Waals surface area contributed by atoms with Crippen molar-refractivity contribution in [2.45, 2.75) is 51.6 Å². The molecule has 1 saturated carbocycles. The zero-order chi connectivity index (χ0) is 18.6. The highest BCUT2D eigenvalue weighted by Crippen LogP contribution is 2.19. The van der Waals surface area contributed by atoms with Gasteiger partial charge in [-0.25, -0.2) is 17.8 Å². The lowest BCUT2D eigenvalue weighted by Gasteiger charge is -2.19. The van der Waals surface area contributed by atoms with E-state index < -0.39 is 9.84 Å². The predicted octanol–water partition coefficient (Wildman–Crippen LogP) is 3.16. The molecule has 1 saturated heterocycles. The lowest BCUT2D eigenvalue weighted by atomic mass is 10.1. The summed E-state index contributed by atoms with van der Waals surface area (Å²) in [5.74, 6) is 1.21. The van der Waals surface area contributed by atoms with Crippen LogP contribution in [0.2, 0.25) is 0 Å². The number of hydrogen-bond donors (Lipinski definition) is 2. The van der Waals surface area contributed by atoms with Crippen LogP contribution in [0.1, 0.15) is 43.2 Å². The highest BCUT2D eigenvalue weighted by molar-refractivity contribution is 14.0. The van der Waals surface area contributed by atoms with Crippen molar-refractivity contribution in [2.24, 2.45) is 10.9 Å². The lowest BCUT2D eigenvalue weighted by Crippen LogP contribution is -2.44. The molecule has 0 spiro atoms. The number of guanidine groups is 1. The number of aliphatic imine (C=N–C) groups is 1. The highest BCUT2D eigenvalue weighted by Gasteiger charge is 2.28. The van der Waals surface area contributed by atoms with Crippen LogP contribution in [0.25, 0.3) is 0 Å². The molecule has 3 rings (SSSR count). The van der Waals surface area contributed by atoms with Crippen molar-refractivity contribution in [1.82, 2.24) is 10.6 Å². The van der Waals surface area contributed by atoms with E-state index in [1.54, 1.807) is 13.0 Å². The van der Waals surface area contributed by atoms with Gasteiger partial charge in [0.25, 0.3) is 0 Å². The molecule has 1 aliphatic carbocycles. The lowest BCUT2D eigenvalue weighted by molar-refractivity contribution is 0.553. The Kier molecular flexibility index (Phi) is 8.33. The largest absolute Gasteiger partial charge is 0.356 e. The summed E-state index contributed by atoms with van der Waals surface area (Å²) < 4.78 is 36.7. The predicted molar refractivity (Wildman–Crippen MR) is 118 cm³/mol. The molecular weight excluding hydrogens is 480 g/mol. The summed E-state index contributed by atoms with van der Waals surface area (Å²) in [6.45, 7) is 2.82. The normalized spacial score (nSPS) is 22.4. The van der Waals surface area contributed by atoms with Crippen LogP contribution in [0, 0.1) is 18.7 Å². The van der Waals surface area contributed by atoms with Crippen LogP contribution in [0.15, 0.2) is 23.2 Å². The molecule has 0 bridgehead atoms. The number of hydrogen-bond acceptors (Lipinski definition) is 3. The molecule has 0 amide bonds. The van der Waals surface area contributed by atoms with Crippen LogP contribution in [0.5, 0.6) is 0 Å². The van der Waals surface area contributed by atoms with Crippen molar-refractivity contribution in [1.29, 1.82) is 0 Å². The first-order valence-electron chi connectivity index (χ1n) is 9.41. The molecule has 2 N–H and O–H groups in total. The average molecular weight is 509 g/mol. The second-order valence-corrected chi connectivity index (χ2v) is 9.75. The van der Waals surface area contributed by atoms with Crippen molar-refractivity contribution >= 4 is 39.8 Å². The van der Waals surface area contributed by atoms with Crippen LogP contribution >= 0.6 is 24.0 Å². The Bertz CT molecular complexity index is 764. The molecule has 8 heteroatoms. The summed E-state index contributed by atoms with van der Waals surface area (Å²) in [6, 6.07) is 5.46. The number of sulfone groups is 1. The minimum absolute atomic E-state index is 0. The number of halogens is 2. The summed E-state index contributed by atoms with van der Waals surface area (Å²) in [6.07, 6.45) is 5.43. The molecule has 5 nitrogen and oxygen atoms in total. The monoisotopic (exact) mass is 509 g/mol. The second-order valence-electron chi connectivity index (χ2n) is 7.52. The van der Waals surface area contributed by atoms with E-state index in [1.165, 1.54) is 18.9 Å². The quantitative estimate of drug-likeness (QED) is 0.364. The summed E-state index contributed by atoms with van der Waals surface area (Å²) in [5.41, 5.74) is 1.58. The fourth-order valence-corrected chi connectivity index (χ4v) is 5.53. The third-order valence-electron chi connectivity index (χ3n) is 5.22. The van der Waals surface area contributed by atoms with Gasteiger partial charge in [-0.2, -0.15) is 0 Å². The summed E-state index contributed by atoms with van der Waals surface area (Å²) in [5, 5.41) is 6.80. The highest BCUT2D eigenvalue weighted by atomic mass is 127. The van der Waals surface area contributed by atoms with Gasteiger partial charge in [-0.05, 0) is 49.3 Å². The van der Waals surface area contributed by atoms with Crippen molar-refractivity contribution < 1.29 is 12.8 Å². The molecule has 1 aromatic carbocycles. The summed E-state index contributed by atoms with van der Waals surface area (Å²) >= 11 is 0. The standard InChI is InChI=1S/C19H28FN3O2S.HI/c1-14-10-15(6-7-18(14)20)11-21-19(23-17-4-2-3-5-17)22-12-16-8-9-26(24,25)13-16;/h6-7,10,16-17H,2-5,8-9,11-13H2,1H3,(H2,21,22,23);1H. The molecule has 152 valence electrons. The minimum atomic E-state index is -2.87. The first-order valence-corrected chi connectivity index (χ1v) is 11.2. The molecule has 2 aliphatic rings. The fraction of sp³-hybridized carbons (Fsp3) is 0.632. The Morgan fingerprint density at radius 2 is 2.00 bits per heavy atom. The zero-order valence-electron chi connectivity index (χ0n) is 15.7.